The van der Waals surface area contributed by atoms with Crippen LogP contribution in [0.4, 0.5) is 4.79 Å². The standard InChI is InChI=1S/C19H20BrN3O4/c1-27-17(24)10-16(14-3-2-4-15(20)9-14)23-18(25)13-7-5-12(6-8-13)11-22-19(21)26/h2-9,16H,10-11H2,1H3,(H,23,25)(H3,21,22,26). The molecule has 0 saturated heterocycles. The number of carbonyl (C=O) groups is 3. The SMILES string of the molecule is COC(=O)CC(NC(=O)c1ccc(CNC(N)=O)cc1)c1cccc(Br)c1. The minimum Gasteiger partial charge on any atom is -0.469 e. The molecular weight excluding hydrogens is 414 g/mol. The fraction of sp³-hybridized carbons (Fsp3) is 0.211. The van der Waals surface area contributed by atoms with Crippen LogP contribution in [0.15, 0.2) is 53.0 Å². The smallest absolute Gasteiger partial charge is 0.312 e. The highest BCUT2D eigenvalue weighted by molar-refractivity contribution is 9.10. The lowest BCUT2D eigenvalue weighted by Crippen LogP contribution is -2.30. The maximum absolute atomic E-state index is 12.6. The van der Waals surface area contributed by atoms with Gasteiger partial charge in [-0.25, -0.2) is 4.79 Å². The van der Waals surface area contributed by atoms with Crippen molar-refractivity contribution in [2.45, 2.75) is 19.0 Å². The Balaban J connectivity index is 2.12. The van der Waals surface area contributed by atoms with Gasteiger partial charge in [0.25, 0.3) is 5.91 Å². The molecule has 7 nitrogen and oxygen atoms in total. The first-order valence-electron chi connectivity index (χ1n) is 8.14. The first-order valence-corrected chi connectivity index (χ1v) is 8.93. The number of urea groups is 1. The lowest BCUT2D eigenvalue weighted by Gasteiger charge is -2.19. The Kier molecular flexibility index (Phi) is 7.36. The van der Waals surface area contributed by atoms with E-state index in [4.69, 9.17) is 10.5 Å². The molecule has 2 rings (SSSR count). The van der Waals surface area contributed by atoms with Gasteiger partial charge in [0, 0.05) is 16.6 Å². The average molecular weight is 434 g/mol. The molecule has 0 fully saturated rings. The summed E-state index contributed by atoms with van der Waals surface area (Å²) in [6.45, 7) is 0.278. The highest BCUT2D eigenvalue weighted by atomic mass is 79.9. The number of methoxy groups -OCH3 is 1. The Labute approximate surface area is 165 Å². The van der Waals surface area contributed by atoms with E-state index in [0.29, 0.717) is 5.56 Å². The lowest BCUT2D eigenvalue weighted by molar-refractivity contribution is -0.141. The Morgan fingerprint density at radius 2 is 1.85 bits per heavy atom. The molecule has 0 aromatic heterocycles. The Morgan fingerprint density at radius 3 is 2.44 bits per heavy atom. The van der Waals surface area contributed by atoms with Crippen LogP contribution in [0.2, 0.25) is 0 Å². The van der Waals surface area contributed by atoms with E-state index in [1.165, 1.54) is 7.11 Å². The largest absolute Gasteiger partial charge is 0.469 e. The zero-order chi connectivity index (χ0) is 19.8. The van der Waals surface area contributed by atoms with Crippen molar-refractivity contribution in [2.75, 3.05) is 7.11 Å². The summed E-state index contributed by atoms with van der Waals surface area (Å²) in [6.07, 6.45) is 0.0132. The monoisotopic (exact) mass is 433 g/mol. The number of nitrogens with two attached hydrogens (primary N) is 1. The summed E-state index contributed by atoms with van der Waals surface area (Å²) in [7, 11) is 1.31. The number of amides is 3. The Morgan fingerprint density at radius 1 is 1.15 bits per heavy atom. The molecule has 0 heterocycles. The third kappa shape index (κ3) is 6.41. The molecule has 0 aliphatic rings. The topological polar surface area (TPSA) is 111 Å². The van der Waals surface area contributed by atoms with Crippen LogP contribution in [0.1, 0.15) is 33.9 Å². The second-order valence-electron chi connectivity index (χ2n) is 5.78. The molecule has 0 aliphatic carbocycles. The highest BCUT2D eigenvalue weighted by Gasteiger charge is 2.20. The van der Waals surface area contributed by atoms with Crippen molar-refractivity contribution >= 4 is 33.8 Å². The predicted molar refractivity (Wildman–Crippen MR) is 104 cm³/mol. The Bertz CT molecular complexity index is 824. The van der Waals surface area contributed by atoms with Crippen LogP contribution in [-0.2, 0) is 16.1 Å². The van der Waals surface area contributed by atoms with Gasteiger partial charge in [-0.15, -0.1) is 0 Å². The van der Waals surface area contributed by atoms with Crippen molar-refractivity contribution in [3.63, 3.8) is 0 Å². The summed E-state index contributed by atoms with van der Waals surface area (Å²) >= 11 is 3.39. The molecule has 27 heavy (non-hydrogen) atoms. The van der Waals surface area contributed by atoms with Crippen LogP contribution >= 0.6 is 15.9 Å². The normalized spacial score (nSPS) is 11.3. The fourth-order valence-electron chi connectivity index (χ4n) is 2.43. The van der Waals surface area contributed by atoms with E-state index >= 15 is 0 Å². The molecule has 0 aliphatic heterocycles. The maximum Gasteiger partial charge on any atom is 0.312 e. The molecule has 0 radical (unpaired) electrons. The molecule has 8 heteroatoms. The average Bonchev–Trinajstić information content (AvgIpc) is 2.66. The summed E-state index contributed by atoms with van der Waals surface area (Å²) in [6, 6.07) is 12.9. The number of halogens is 1. The third-order valence-corrected chi connectivity index (χ3v) is 4.33. The molecule has 3 amide bonds. The van der Waals surface area contributed by atoms with Gasteiger partial charge < -0.3 is 21.1 Å². The van der Waals surface area contributed by atoms with Crippen molar-refractivity contribution in [1.29, 1.82) is 0 Å². The molecular formula is C19H20BrN3O4. The van der Waals surface area contributed by atoms with Crippen molar-refractivity contribution in [1.82, 2.24) is 10.6 Å². The number of esters is 1. The molecule has 1 atom stereocenters. The zero-order valence-corrected chi connectivity index (χ0v) is 16.3. The van der Waals surface area contributed by atoms with Crippen molar-refractivity contribution in [2.24, 2.45) is 5.73 Å². The van der Waals surface area contributed by atoms with Crippen LogP contribution in [0, 0.1) is 0 Å². The van der Waals surface area contributed by atoms with Crippen LogP contribution < -0.4 is 16.4 Å². The van der Waals surface area contributed by atoms with Gasteiger partial charge >= 0.3 is 12.0 Å². The van der Waals surface area contributed by atoms with E-state index in [-0.39, 0.29) is 18.9 Å². The number of ether oxygens (including phenoxy) is 1. The fourth-order valence-corrected chi connectivity index (χ4v) is 2.85. The van der Waals surface area contributed by atoms with Gasteiger partial charge in [-0.1, -0.05) is 40.2 Å². The van der Waals surface area contributed by atoms with Gasteiger partial charge in [0.1, 0.15) is 0 Å². The lowest BCUT2D eigenvalue weighted by atomic mass is 10.0. The van der Waals surface area contributed by atoms with Crippen LogP contribution in [0.5, 0.6) is 0 Å². The van der Waals surface area contributed by atoms with Gasteiger partial charge in [-0.05, 0) is 35.4 Å². The second-order valence-corrected chi connectivity index (χ2v) is 6.69. The number of carbonyl (C=O) groups excluding carboxylic acids is 3. The molecule has 0 spiro atoms. The first kappa shape index (κ1) is 20.4. The van der Waals surface area contributed by atoms with Gasteiger partial charge in [0.05, 0.1) is 19.6 Å². The van der Waals surface area contributed by atoms with Crippen LogP contribution in [0.3, 0.4) is 0 Å². The van der Waals surface area contributed by atoms with E-state index in [9.17, 15) is 14.4 Å². The molecule has 0 bridgehead atoms. The Hall–Kier alpha value is -2.87. The van der Waals surface area contributed by atoms with E-state index in [2.05, 4.69) is 26.6 Å². The van der Waals surface area contributed by atoms with Gasteiger partial charge in [-0.2, -0.15) is 0 Å². The van der Waals surface area contributed by atoms with Crippen molar-refractivity contribution in [3.05, 3.63) is 69.7 Å². The van der Waals surface area contributed by atoms with Crippen molar-refractivity contribution in [3.8, 4) is 0 Å². The summed E-state index contributed by atoms with van der Waals surface area (Å²) in [4.78, 5) is 35.1. The van der Waals surface area contributed by atoms with Gasteiger partial charge in [-0.3, -0.25) is 9.59 Å². The van der Waals surface area contributed by atoms with Crippen molar-refractivity contribution < 1.29 is 19.1 Å². The quantitative estimate of drug-likeness (QED) is 0.582. The number of benzene rings is 2. The highest BCUT2D eigenvalue weighted by Crippen LogP contribution is 2.22. The molecule has 0 saturated carbocycles. The van der Waals surface area contributed by atoms with Gasteiger partial charge in [0.15, 0.2) is 0 Å². The summed E-state index contributed by atoms with van der Waals surface area (Å²) in [5, 5.41) is 5.34. The minimum absolute atomic E-state index is 0.0132. The maximum atomic E-state index is 12.6. The first-order chi connectivity index (χ1) is 12.9. The van der Waals surface area contributed by atoms with E-state index < -0.39 is 18.0 Å². The molecule has 1 unspecified atom stereocenters. The summed E-state index contributed by atoms with van der Waals surface area (Å²) in [5.74, 6) is -0.744. The van der Waals surface area contributed by atoms with Crippen LogP contribution in [0.25, 0.3) is 0 Å². The summed E-state index contributed by atoms with van der Waals surface area (Å²) < 4.78 is 5.58. The summed E-state index contributed by atoms with van der Waals surface area (Å²) in [5.41, 5.74) is 7.06. The molecule has 2 aromatic rings. The number of primary amides is 1. The van der Waals surface area contributed by atoms with E-state index in [1.807, 2.05) is 24.3 Å². The molecule has 2 aromatic carbocycles. The number of nitrogens with one attached hydrogen (secondary N) is 2. The van der Waals surface area contributed by atoms with Gasteiger partial charge in [0.2, 0.25) is 0 Å². The zero-order valence-electron chi connectivity index (χ0n) is 14.7. The minimum atomic E-state index is -0.614. The van der Waals surface area contributed by atoms with E-state index in [0.717, 1.165) is 15.6 Å². The van der Waals surface area contributed by atoms with Crippen LogP contribution in [-0.4, -0.2) is 25.0 Å². The molecule has 142 valence electrons. The number of hydrogen-bond donors (Lipinski definition) is 3. The molecule has 4 N–H and O–H groups in total. The second kappa shape index (κ2) is 9.72. The third-order valence-electron chi connectivity index (χ3n) is 3.84. The number of rotatable bonds is 7. The number of hydrogen-bond acceptors (Lipinski definition) is 4. The predicted octanol–water partition coefficient (Wildman–Crippen LogP) is 2.65. The van der Waals surface area contributed by atoms with E-state index in [1.54, 1.807) is 24.3 Å².